The normalized spacial score (nSPS) is 28.4. The molecule has 0 aromatic heterocycles. The van der Waals surface area contributed by atoms with Crippen LogP contribution in [0.5, 0.6) is 0 Å². The van der Waals surface area contributed by atoms with Crippen molar-refractivity contribution in [3.63, 3.8) is 0 Å². The molecule has 2 N–H and O–H groups in total. The van der Waals surface area contributed by atoms with Gasteiger partial charge in [-0.15, -0.1) is 0 Å². The van der Waals surface area contributed by atoms with Crippen LogP contribution in [0.1, 0.15) is 12.8 Å². The summed E-state index contributed by atoms with van der Waals surface area (Å²) in [6.07, 6.45) is 1.74. The lowest BCUT2D eigenvalue weighted by Crippen LogP contribution is -2.41. The standard InChI is InChI=1S/C11H18N2O3S/c14-10(15)9-1-3-13(6-9)11(16)12-5-8-2-4-17-7-8/h8-9H,1-7H2,(H,12,16)(H,14,15). The highest BCUT2D eigenvalue weighted by Crippen LogP contribution is 2.22. The molecule has 2 fully saturated rings. The summed E-state index contributed by atoms with van der Waals surface area (Å²) in [5.41, 5.74) is 0. The van der Waals surface area contributed by atoms with Gasteiger partial charge in [-0.25, -0.2) is 4.79 Å². The fraction of sp³-hybridized carbons (Fsp3) is 0.818. The number of carboxylic acid groups (broad SMARTS) is 1. The van der Waals surface area contributed by atoms with E-state index >= 15 is 0 Å². The minimum atomic E-state index is -0.799. The average Bonchev–Trinajstić information content (AvgIpc) is 2.96. The summed E-state index contributed by atoms with van der Waals surface area (Å²) in [6, 6.07) is -0.106. The van der Waals surface area contributed by atoms with Gasteiger partial charge >= 0.3 is 12.0 Å². The number of carbonyl (C=O) groups is 2. The van der Waals surface area contributed by atoms with E-state index in [0.717, 1.165) is 12.3 Å². The van der Waals surface area contributed by atoms with Crippen molar-refractivity contribution in [3.8, 4) is 0 Å². The van der Waals surface area contributed by atoms with Gasteiger partial charge < -0.3 is 15.3 Å². The lowest BCUT2D eigenvalue weighted by atomic mass is 10.1. The van der Waals surface area contributed by atoms with Gasteiger partial charge in [0, 0.05) is 19.6 Å². The van der Waals surface area contributed by atoms with Crippen molar-refractivity contribution >= 4 is 23.8 Å². The molecule has 2 saturated heterocycles. The van der Waals surface area contributed by atoms with Crippen LogP contribution in [0.25, 0.3) is 0 Å². The van der Waals surface area contributed by atoms with Crippen molar-refractivity contribution in [1.29, 1.82) is 0 Å². The summed E-state index contributed by atoms with van der Waals surface area (Å²) in [5, 5.41) is 11.8. The smallest absolute Gasteiger partial charge is 0.317 e. The number of nitrogens with one attached hydrogen (secondary N) is 1. The molecule has 6 heteroatoms. The Morgan fingerprint density at radius 3 is 2.82 bits per heavy atom. The zero-order valence-electron chi connectivity index (χ0n) is 9.72. The maximum absolute atomic E-state index is 11.8. The highest BCUT2D eigenvalue weighted by atomic mass is 32.2. The Morgan fingerprint density at radius 2 is 2.24 bits per heavy atom. The van der Waals surface area contributed by atoms with Gasteiger partial charge in [0.1, 0.15) is 0 Å². The van der Waals surface area contributed by atoms with Crippen LogP contribution in [0.2, 0.25) is 0 Å². The molecule has 17 heavy (non-hydrogen) atoms. The van der Waals surface area contributed by atoms with Crippen molar-refractivity contribution in [3.05, 3.63) is 0 Å². The summed E-state index contributed by atoms with van der Waals surface area (Å²) in [5.74, 6) is 1.71. The first kappa shape index (κ1) is 12.5. The van der Waals surface area contributed by atoms with E-state index in [1.165, 1.54) is 12.2 Å². The van der Waals surface area contributed by atoms with Gasteiger partial charge in [-0.3, -0.25) is 4.79 Å². The largest absolute Gasteiger partial charge is 0.481 e. The molecule has 5 nitrogen and oxygen atoms in total. The van der Waals surface area contributed by atoms with Crippen LogP contribution in [0.4, 0.5) is 4.79 Å². The van der Waals surface area contributed by atoms with E-state index in [2.05, 4.69) is 5.32 Å². The summed E-state index contributed by atoms with van der Waals surface area (Å²) in [4.78, 5) is 24.2. The molecule has 2 aliphatic heterocycles. The molecular weight excluding hydrogens is 240 g/mol. The van der Waals surface area contributed by atoms with E-state index in [0.29, 0.717) is 25.4 Å². The molecule has 0 aromatic rings. The molecule has 2 amide bonds. The van der Waals surface area contributed by atoms with Gasteiger partial charge in [0.25, 0.3) is 0 Å². The molecule has 2 aliphatic rings. The predicted octanol–water partition coefficient (Wildman–Crippen LogP) is 0.856. The Hall–Kier alpha value is -0.910. The monoisotopic (exact) mass is 258 g/mol. The molecule has 0 spiro atoms. The Labute approximate surface area is 105 Å². The topological polar surface area (TPSA) is 69.6 Å². The second-order valence-electron chi connectivity index (χ2n) is 4.69. The first-order valence-corrected chi connectivity index (χ1v) is 7.15. The quantitative estimate of drug-likeness (QED) is 0.787. The van der Waals surface area contributed by atoms with Crippen molar-refractivity contribution in [2.45, 2.75) is 12.8 Å². The van der Waals surface area contributed by atoms with E-state index in [4.69, 9.17) is 5.11 Å². The Bertz CT molecular complexity index is 305. The second kappa shape index (κ2) is 5.62. The number of urea groups is 1. The number of carbonyl (C=O) groups excluding carboxylic acids is 1. The van der Waals surface area contributed by atoms with E-state index in [9.17, 15) is 9.59 Å². The number of aliphatic carboxylic acids is 1. The Balaban J connectivity index is 1.71. The van der Waals surface area contributed by atoms with E-state index < -0.39 is 5.97 Å². The number of hydrogen-bond donors (Lipinski definition) is 2. The summed E-state index contributed by atoms with van der Waals surface area (Å²) < 4.78 is 0. The van der Waals surface area contributed by atoms with Gasteiger partial charge in [-0.1, -0.05) is 0 Å². The summed E-state index contributed by atoms with van der Waals surface area (Å²) in [7, 11) is 0. The molecule has 2 atom stereocenters. The maximum atomic E-state index is 11.8. The average molecular weight is 258 g/mol. The van der Waals surface area contributed by atoms with Crippen LogP contribution >= 0.6 is 11.8 Å². The lowest BCUT2D eigenvalue weighted by molar-refractivity contribution is -0.141. The number of thioether (sulfide) groups is 1. The van der Waals surface area contributed by atoms with Crippen LogP contribution in [-0.4, -0.2) is 53.1 Å². The van der Waals surface area contributed by atoms with Crippen LogP contribution < -0.4 is 5.32 Å². The van der Waals surface area contributed by atoms with Gasteiger partial charge in [0.05, 0.1) is 5.92 Å². The molecule has 2 unspecified atom stereocenters. The van der Waals surface area contributed by atoms with E-state index in [1.54, 1.807) is 4.90 Å². The minimum absolute atomic E-state index is 0.106. The predicted molar refractivity (Wildman–Crippen MR) is 66.1 cm³/mol. The molecule has 0 bridgehead atoms. The molecule has 2 rings (SSSR count). The maximum Gasteiger partial charge on any atom is 0.317 e. The first-order valence-electron chi connectivity index (χ1n) is 6.00. The molecular formula is C11H18N2O3S. The van der Waals surface area contributed by atoms with Crippen molar-refractivity contribution in [2.24, 2.45) is 11.8 Å². The van der Waals surface area contributed by atoms with Gasteiger partial charge in [0.15, 0.2) is 0 Å². The lowest BCUT2D eigenvalue weighted by Gasteiger charge is -2.18. The molecule has 0 saturated carbocycles. The minimum Gasteiger partial charge on any atom is -0.481 e. The number of likely N-dealkylation sites (tertiary alicyclic amines) is 1. The molecule has 2 heterocycles. The van der Waals surface area contributed by atoms with Crippen molar-refractivity contribution in [1.82, 2.24) is 10.2 Å². The molecule has 96 valence electrons. The highest BCUT2D eigenvalue weighted by Gasteiger charge is 2.31. The number of amides is 2. The summed E-state index contributed by atoms with van der Waals surface area (Å²) >= 11 is 1.93. The van der Waals surface area contributed by atoms with Crippen molar-refractivity contribution in [2.75, 3.05) is 31.1 Å². The molecule has 0 radical (unpaired) electrons. The number of rotatable bonds is 3. The van der Waals surface area contributed by atoms with Crippen molar-refractivity contribution < 1.29 is 14.7 Å². The number of nitrogens with zero attached hydrogens (tertiary/aromatic N) is 1. The van der Waals surface area contributed by atoms with Gasteiger partial charge in [-0.05, 0) is 30.3 Å². The first-order chi connectivity index (χ1) is 8.16. The SMILES string of the molecule is O=C(O)C1CCN(C(=O)NCC2CCSC2)C1. The Kier molecular flexibility index (Phi) is 4.15. The molecule has 0 aliphatic carbocycles. The van der Waals surface area contributed by atoms with Crippen LogP contribution in [-0.2, 0) is 4.79 Å². The van der Waals surface area contributed by atoms with Crippen LogP contribution in [0.3, 0.4) is 0 Å². The zero-order valence-corrected chi connectivity index (χ0v) is 10.5. The fourth-order valence-electron chi connectivity index (χ4n) is 2.23. The third-order valence-electron chi connectivity index (χ3n) is 3.39. The summed E-state index contributed by atoms with van der Waals surface area (Å²) in [6.45, 7) is 1.63. The van der Waals surface area contributed by atoms with E-state index in [1.807, 2.05) is 11.8 Å². The van der Waals surface area contributed by atoms with E-state index in [-0.39, 0.29) is 11.9 Å². The van der Waals surface area contributed by atoms with Gasteiger partial charge in [0.2, 0.25) is 0 Å². The number of carboxylic acids is 1. The van der Waals surface area contributed by atoms with Crippen LogP contribution in [0, 0.1) is 11.8 Å². The fourth-order valence-corrected chi connectivity index (χ4v) is 3.52. The zero-order chi connectivity index (χ0) is 12.3. The third-order valence-corrected chi connectivity index (χ3v) is 4.62. The third kappa shape index (κ3) is 3.28. The highest BCUT2D eigenvalue weighted by molar-refractivity contribution is 7.99. The Morgan fingerprint density at radius 1 is 1.41 bits per heavy atom. The second-order valence-corrected chi connectivity index (χ2v) is 5.84. The number of hydrogen-bond acceptors (Lipinski definition) is 3. The molecule has 0 aromatic carbocycles. The van der Waals surface area contributed by atoms with Gasteiger partial charge in [-0.2, -0.15) is 11.8 Å². The van der Waals surface area contributed by atoms with Crippen LogP contribution in [0.15, 0.2) is 0 Å².